The molecule has 0 amide bonds. The molecule has 25 heteroatoms. The van der Waals surface area contributed by atoms with E-state index in [1.165, 1.54) is 73.9 Å². The van der Waals surface area contributed by atoms with E-state index < -0.39 is 141 Å². The van der Waals surface area contributed by atoms with E-state index in [-0.39, 0.29) is 45.6 Å². The van der Waals surface area contributed by atoms with E-state index in [0.717, 1.165) is 36.4 Å². The van der Waals surface area contributed by atoms with Crippen LogP contribution in [0.15, 0.2) is 90.7 Å². The monoisotopic (exact) mass is 1070 g/mol. The predicted octanol–water partition coefficient (Wildman–Crippen LogP) is -0.315. The lowest BCUT2D eigenvalue weighted by Crippen LogP contribution is -2.63. The van der Waals surface area contributed by atoms with Crippen LogP contribution in [0.4, 0.5) is 0 Å². The van der Waals surface area contributed by atoms with Gasteiger partial charge in [0.2, 0.25) is 12.6 Å². The lowest BCUT2D eigenvalue weighted by molar-refractivity contribution is -0.353. The standard InChI is InChI=1S/C51H54O25/c1-67-34-14-23(4-10-29(34)56)6-13-39(60)75-47-40(61)31(58)20-69-50(47)76-48-44(65)42(63)37(21-68-38(59)12-5-22-2-8-25(53)9-3-22)74-51(48)72-35-18-27-32(70-46(35)24-7-11-28(55)30(57)15-24)16-26(54)17-33(27)71-49-45(66)43(64)41(62)36(19-52)73-49/h2-18,31,36-37,40-58,61-66H,19-21H2,1H3. The van der Waals surface area contributed by atoms with Crippen LogP contribution in [-0.4, -0.2) is 191 Å². The van der Waals surface area contributed by atoms with Gasteiger partial charge in [-0.1, -0.05) is 24.3 Å². The summed E-state index contributed by atoms with van der Waals surface area (Å²) in [4.78, 5) is 26.2. The third-order valence-electron chi connectivity index (χ3n) is 12.5. The molecule has 4 aromatic carbocycles. The maximum Gasteiger partial charge on any atom is 0.331 e. The fraction of sp³-hybridized carbons (Fsp3) is 0.373. The van der Waals surface area contributed by atoms with Gasteiger partial charge in [-0.15, -0.1) is 0 Å². The van der Waals surface area contributed by atoms with Crippen molar-refractivity contribution in [2.45, 2.75) is 92.1 Å². The quantitative estimate of drug-likeness (QED) is 0.0389. The Kier molecular flexibility index (Phi) is 17.2. The van der Waals surface area contributed by atoms with Crippen LogP contribution in [0.1, 0.15) is 28.4 Å². The highest BCUT2D eigenvalue weighted by atomic mass is 16.8. The number of aliphatic hydroxyl groups excluding tert-OH is 8. The number of methoxy groups -OCH3 is 1. The van der Waals surface area contributed by atoms with Crippen LogP contribution in [0, 0.1) is 0 Å². The SMILES string of the molecule is COc1cc(C=CC(=O)OC2C(OC3C(OC4=Cc5c(cc(O)cc5OC5OC(CO)C(O)C(O)C5O)OC4c4ccc(O)c(O)c4)OC(COC(=O)C=Cc4ccc(O)cc4)C(O)C3O)OCC(O)C2O)ccc1O. The Morgan fingerprint density at radius 1 is 0.632 bits per heavy atom. The molecule has 0 aliphatic carbocycles. The lowest BCUT2D eigenvalue weighted by atomic mass is 9.97. The molecule has 0 aromatic heterocycles. The van der Waals surface area contributed by atoms with Crippen molar-refractivity contribution in [1.82, 2.24) is 0 Å². The summed E-state index contributed by atoms with van der Waals surface area (Å²) in [5.41, 5.74) is 0.859. The van der Waals surface area contributed by atoms with Gasteiger partial charge in [0.25, 0.3) is 0 Å². The van der Waals surface area contributed by atoms with E-state index in [0.29, 0.717) is 11.1 Å². The van der Waals surface area contributed by atoms with Crippen molar-refractivity contribution in [1.29, 1.82) is 0 Å². The third-order valence-corrected chi connectivity index (χ3v) is 12.5. The number of aromatic hydroxyl groups is 5. The zero-order valence-electron chi connectivity index (χ0n) is 39.8. The van der Waals surface area contributed by atoms with E-state index in [4.69, 9.17) is 47.4 Å². The first-order valence-corrected chi connectivity index (χ1v) is 23.3. The summed E-state index contributed by atoms with van der Waals surface area (Å²) < 4.78 is 58.3. The van der Waals surface area contributed by atoms with E-state index in [1.807, 2.05) is 0 Å². The van der Waals surface area contributed by atoms with Crippen LogP contribution in [0.2, 0.25) is 0 Å². The summed E-state index contributed by atoms with van der Waals surface area (Å²) in [7, 11) is 1.32. The van der Waals surface area contributed by atoms with Crippen molar-refractivity contribution in [3.63, 3.8) is 0 Å². The molecular formula is C51H54O25. The minimum absolute atomic E-state index is 0.0182. The fourth-order valence-corrected chi connectivity index (χ4v) is 8.33. The number of hydrogen-bond donors (Lipinski definition) is 13. The first kappa shape index (κ1) is 55.0. The van der Waals surface area contributed by atoms with Gasteiger partial charge in [0.15, 0.2) is 47.6 Å². The smallest absolute Gasteiger partial charge is 0.331 e. The second kappa shape index (κ2) is 23.8. The Morgan fingerprint density at radius 3 is 2.04 bits per heavy atom. The lowest BCUT2D eigenvalue weighted by Gasteiger charge is -2.45. The van der Waals surface area contributed by atoms with Gasteiger partial charge in [0, 0.05) is 29.8 Å². The van der Waals surface area contributed by atoms with Crippen LogP contribution >= 0.6 is 0 Å². The van der Waals surface area contributed by atoms with Gasteiger partial charge in [0.1, 0.15) is 90.3 Å². The molecule has 15 unspecified atom stereocenters. The minimum Gasteiger partial charge on any atom is -0.508 e. The Balaban J connectivity index is 1.14. The van der Waals surface area contributed by atoms with Crippen LogP contribution < -0.4 is 14.2 Å². The van der Waals surface area contributed by atoms with Crippen LogP contribution in [0.25, 0.3) is 18.2 Å². The Hall–Kier alpha value is -7.24. The van der Waals surface area contributed by atoms with Crippen molar-refractivity contribution in [2.24, 2.45) is 0 Å². The second-order valence-corrected chi connectivity index (χ2v) is 17.7. The molecule has 13 N–H and O–H groups in total. The average molecular weight is 1070 g/mol. The van der Waals surface area contributed by atoms with Crippen LogP contribution in [0.5, 0.6) is 46.0 Å². The van der Waals surface area contributed by atoms with Gasteiger partial charge in [0.05, 0.1) is 25.9 Å². The molecule has 408 valence electrons. The number of phenolic OH excluding ortho intramolecular Hbond substituents is 5. The van der Waals surface area contributed by atoms with Crippen molar-refractivity contribution in [2.75, 3.05) is 26.9 Å². The number of esters is 2. The highest BCUT2D eigenvalue weighted by molar-refractivity contribution is 5.88. The number of carbonyl (C=O) groups excluding carboxylic acids is 2. The highest BCUT2D eigenvalue weighted by Crippen LogP contribution is 2.47. The van der Waals surface area contributed by atoms with E-state index in [1.54, 1.807) is 0 Å². The van der Waals surface area contributed by atoms with Gasteiger partial charge in [-0.3, -0.25) is 0 Å². The first-order chi connectivity index (χ1) is 36.3. The van der Waals surface area contributed by atoms with E-state index >= 15 is 0 Å². The summed E-state index contributed by atoms with van der Waals surface area (Å²) in [5, 5.41) is 138. The van der Waals surface area contributed by atoms with Crippen molar-refractivity contribution >= 4 is 30.2 Å². The highest BCUT2D eigenvalue weighted by Gasteiger charge is 2.52. The van der Waals surface area contributed by atoms with Gasteiger partial charge < -0.3 is 114 Å². The largest absolute Gasteiger partial charge is 0.508 e. The molecule has 0 spiro atoms. The van der Waals surface area contributed by atoms with Gasteiger partial charge in [-0.2, -0.15) is 0 Å². The number of hydrogen-bond acceptors (Lipinski definition) is 25. The fourth-order valence-electron chi connectivity index (χ4n) is 8.33. The molecule has 3 fully saturated rings. The molecule has 8 rings (SSSR count). The molecule has 15 atom stereocenters. The third kappa shape index (κ3) is 12.4. The minimum atomic E-state index is -2.10. The number of ether oxygens (including phenoxy) is 10. The molecule has 4 heterocycles. The molecule has 0 radical (unpaired) electrons. The average Bonchev–Trinajstić information content (AvgIpc) is 3.41. The van der Waals surface area contributed by atoms with Crippen LogP contribution in [-0.2, 0) is 42.7 Å². The molecule has 4 aliphatic rings. The number of carbonyl (C=O) groups is 2. The second-order valence-electron chi connectivity index (χ2n) is 17.7. The maximum absolute atomic E-state index is 13.3. The summed E-state index contributed by atoms with van der Waals surface area (Å²) in [6.07, 6.45) is -21.3. The van der Waals surface area contributed by atoms with Crippen molar-refractivity contribution in [3.8, 4) is 46.0 Å². The zero-order chi connectivity index (χ0) is 54.5. The molecule has 76 heavy (non-hydrogen) atoms. The number of rotatable bonds is 16. The molecule has 0 bridgehead atoms. The number of phenols is 5. The van der Waals surface area contributed by atoms with Crippen molar-refractivity contribution < 1.29 is 123 Å². The number of benzene rings is 4. The Bertz CT molecular complexity index is 2780. The topological polar surface area (TPSA) is 389 Å². The van der Waals surface area contributed by atoms with Gasteiger partial charge in [-0.05, 0) is 65.8 Å². The molecule has 4 aliphatic heterocycles. The predicted molar refractivity (Wildman–Crippen MR) is 254 cm³/mol. The van der Waals surface area contributed by atoms with Crippen LogP contribution in [0.3, 0.4) is 0 Å². The van der Waals surface area contributed by atoms with E-state index in [9.17, 15) is 76.0 Å². The maximum atomic E-state index is 13.3. The van der Waals surface area contributed by atoms with Gasteiger partial charge >= 0.3 is 11.9 Å². The summed E-state index contributed by atoms with van der Waals surface area (Å²) in [6.45, 7) is -2.18. The normalized spacial score (nSPS) is 30.4. The summed E-state index contributed by atoms with van der Waals surface area (Å²) in [5.74, 6) is -4.60. The number of fused-ring (bicyclic) bond motifs is 1. The van der Waals surface area contributed by atoms with Crippen molar-refractivity contribution in [3.05, 3.63) is 113 Å². The molecule has 25 nitrogen and oxygen atoms in total. The zero-order valence-corrected chi connectivity index (χ0v) is 39.8. The van der Waals surface area contributed by atoms with E-state index in [2.05, 4.69) is 0 Å². The molecule has 0 saturated carbocycles. The molecular weight excluding hydrogens is 1010 g/mol. The Morgan fingerprint density at radius 2 is 1.32 bits per heavy atom. The molecule has 3 saturated heterocycles. The Labute approximate surface area is 430 Å². The summed E-state index contributed by atoms with van der Waals surface area (Å²) in [6, 6.07) is 15.7. The molecule has 4 aromatic rings. The summed E-state index contributed by atoms with van der Waals surface area (Å²) >= 11 is 0. The number of aliphatic hydroxyl groups is 8. The van der Waals surface area contributed by atoms with Gasteiger partial charge in [-0.25, -0.2) is 9.59 Å². The first-order valence-electron chi connectivity index (χ1n) is 23.3.